The lowest BCUT2D eigenvalue weighted by Crippen LogP contribution is -2.15. The van der Waals surface area contributed by atoms with Gasteiger partial charge in [-0.25, -0.2) is 0 Å². The standard InChI is InChI=1S/C19H18ClN5O3/c1-12-22-23-24-25(12)15-5-2-4-14(11-15)21-18(26)10-13-8-16(20)19-17(9-13)27-6-3-7-28-19/h2,4-5,8-9,11H,3,6-7,10H2,1H3,(H,21,26). The molecule has 8 nitrogen and oxygen atoms in total. The second-order valence-corrected chi connectivity index (χ2v) is 6.78. The molecule has 0 atom stereocenters. The zero-order valence-electron chi connectivity index (χ0n) is 15.2. The highest BCUT2D eigenvalue weighted by atomic mass is 35.5. The number of fused-ring (bicyclic) bond motifs is 1. The van der Waals surface area contributed by atoms with Crippen LogP contribution in [0.2, 0.25) is 5.02 Å². The summed E-state index contributed by atoms with van der Waals surface area (Å²) in [6, 6.07) is 10.8. The van der Waals surface area contributed by atoms with Crippen molar-refractivity contribution in [3.05, 3.63) is 52.8 Å². The third-order valence-corrected chi connectivity index (χ3v) is 4.51. The molecule has 2 heterocycles. The van der Waals surface area contributed by atoms with E-state index in [9.17, 15) is 4.79 Å². The van der Waals surface area contributed by atoms with E-state index in [1.165, 1.54) is 0 Å². The van der Waals surface area contributed by atoms with E-state index < -0.39 is 0 Å². The van der Waals surface area contributed by atoms with Crippen LogP contribution in [0.25, 0.3) is 5.69 Å². The molecule has 0 fully saturated rings. The summed E-state index contributed by atoms with van der Waals surface area (Å²) in [5, 5.41) is 14.8. The zero-order valence-corrected chi connectivity index (χ0v) is 15.9. The molecule has 0 unspecified atom stereocenters. The molecule has 0 saturated carbocycles. The zero-order chi connectivity index (χ0) is 19.5. The van der Waals surface area contributed by atoms with Gasteiger partial charge in [-0.05, 0) is 53.2 Å². The van der Waals surface area contributed by atoms with Gasteiger partial charge in [-0.3, -0.25) is 4.79 Å². The molecule has 1 amide bonds. The molecular weight excluding hydrogens is 382 g/mol. The van der Waals surface area contributed by atoms with Gasteiger partial charge in [0.15, 0.2) is 17.3 Å². The smallest absolute Gasteiger partial charge is 0.228 e. The van der Waals surface area contributed by atoms with Gasteiger partial charge in [-0.2, -0.15) is 4.68 Å². The van der Waals surface area contributed by atoms with Crippen molar-refractivity contribution < 1.29 is 14.3 Å². The first-order valence-electron chi connectivity index (χ1n) is 8.83. The van der Waals surface area contributed by atoms with Crippen LogP contribution < -0.4 is 14.8 Å². The minimum absolute atomic E-state index is 0.157. The van der Waals surface area contributed by atoms with Gasteiger partial charge >= 0.3 is 0 Å². The molecule has 0 radical (unpaired) electrons. The summed E-state index contributed by atoms with van der Waals surface area (Å²) in [5.41, 5.74) is 2.16. The van der Waals surface area contributed by atoms with Gasteiger partial charge in [-0.15, -0.1) is 5.10 Å². The first-order chi connectivity index (χ1) is 13.6. The monoisotopic (exact) mass is 399 g/mol. The molecule has 0 spiro atoms. The molecule has 2 aromatic carbocycles. The Morgan fingerprint density at radius 3 is 2.93 bits per heavy atom. The summed E-state index contributed by atoms with van der Waals surface area (Å²) in [6.07, 6.45) is 0.947. The summed E-state index contributed by atoms with van der Waals surface area (Å²) in [4.78, 5) is 12.5. The molecule has 0 bridgehead atoms. The summed E-state index contributed by atoms with van der Waals surface area (Å²) in [7, 11) is 0. The molecule has 4 rings (SSSR count). The fraction of sp³-hybridized carbons (Fsp3) is 0.263. The fourth-order valence-electron chi connectivity index (χ4n) is 2.96. The number of aromatic nitrogens is 4. The van der Waals surface area contributed by atoms with E-state index in [-0.39, 0.29) is 12.3 Å². The van der Waals surface area contributed by atoms with E-state index in [1.807, 2.05) is 24.3 Å². The van der Waals surface area contributed by atoms with Gasteiger partial charge in [0.05, 0.1) is 30.3 Å². The Labute approximate surface area is 166 Å². The van der Waals surface area contributed by atoms with Crippen molar-refractivity contribution in [1.82, 2.24) is 20.2 Å². The van der Waals surface area contributed by atoms with Crippen molar-refractivity contribution >= 4 is 23.2 Å². The number of ether oxygens (including phenoxy) is 2. The van der Waals surface area contributed by atoms with Crippen molar-refractivity contribution in [1.29, 1.82) is 0 Å². The SMILES string of the molecule is Cc1nnnn1-c1cccc(NC(=O)Cc2cc(Cl)c3c(c2)OCCCO3)c1. The molecule has 0 saturated heterocycles. The van der Waals surface area contributed by atoms with Crippen molar-refractivity contribution in [2.45, 2.75) is 19.8 Å². The number of amides is 1. The van der Waals surface area contributed by atoms with Gasteiger partial charge in [0.25, 0.3) is 0 Å². The number of nitrogens with one attached hydrogen (secondary N) is 1. The van der Waals surface area contributed by atoms with Crippen molar-refractivity contribution in [3.8, 4) is 17.2 Å². The number of benzene rings is 2. The van der Waals surface area contributed by atoms with Crippen molar-refractivity contribution in [2.24, 2.45) is 0 Å². The normalized spacial score (nSPS) is 13.1. The van der Waals surface area contributed by atoms with Crippen molar-refractivity contribution in [2.75, 3.05) is 18.5 Å². The maximum Gasteiger partial charge on any atom is 0.228 e. The van der Waals surface area contributed by atoms with Crippen LogP contribution in [-0.4, -0.2) is 39.3 Å². The number of tetrazole rings is 1. The lowest BCUT2D eigenvalue weighted by atomic mass is 10.1. The van der Waals surface area contributed by atoms with Crippen LogP contribution in [0, 0.1) is 6.92 Å². The highest BCUT2D eigenvalue weighted by molar-refractivity contribution is 6.32. The van der Waals surface area contributed by atoms with Gasteiger partial charge in [0.2, 0.25) is 5.91 Å². The second kappa shape index (κ2) is 7.85. The average Bonchev–Trinajstić information content (AvgIpc) is 2.94. The number of hydrogen-bond acceptors (Lipinski definition) is 6. The van der Waals surface area contributed by atoms with E-state index >= 15 is 0 Å². The number of aryl methyl sites for hydroxylation is 1. The molecular formula is C19H18ClN5O3. The van der Waals surface area contributed by atoms with Gasteiger partial charge in [0.1, 0.15) is 0 Å². The average molecular weight is 400 g/mol. The molecule has 1 aliphatic rings. The Morgan fingerprint density at radius 2 is 2.11 bits per heavy atom. The Hall–Kier alpha value is -3.13. The van der Waals surface area contributed by atoms with E-state index in [1.54, 1.807) is 23.7 Å². The Morgan fingerprint density at radius 1 is 1.25 bits per heavy atom. The van der Waals surface area contributed by atoms with Crippen LogP contribution in [0.5, 0.6) is 11.5 Å². The van der Waals surface area contributed by atoms with Gasteiger partial charge < -0.3 is 14.8 Å². The predicted octanol–water partition coefficient (Wildman–Crippen LogP) is 2.97. The summed E-state index contributed by atoms with van der Waals surface area (Å²) >= 11 is 6.30. The molecule has 28 heavy (non-hydrogen) atoms. The van der Waals surface area contributed by atoms with Crippen LogP contribution in [0.1, 0.15) is 17.8 Å². The number of carbonyl (C=O) groups excluding carboxylic acids is 1. The summed E-state index contributed by atoms with van der Waals surface area (Å²) in [5.74, 6) is 1.60. The molecule has 144 valence electrons. The number of hydrogen-bond donors (Lipinski definition) is 1. The fourth-order valence-corrected chi connectivity index (χ4v) is 3.25. The minimum atomic E-state index is -0.170. The number of anilines is 1. The molecule has 0 aliphatic carbocycles. The summed E-state index contributed by atoms with van der Waals surface area (Å²) < 4.78 is 12.9. The van der Waals surface area contributed by atoms with E-state index in [2.05, 4.69) is 20.8 Å². The largest absolute Gasteiger partial charge is 0.489 e. The topological polar surface area (TPSA) is 91.2 Å². The van der Waals surface area contributed by atoms with Crippen LogP contribution in [0.4, 0.5) is 5.69 Å². The highest BCUT2D eigenvalue weighted by Gasteiger charge is 2.17. The van der Waals surface area contributed by atoms with E-state index in [0.717, 1.165) is 17.7 Å². The number of nitrogens with zero attached hydrogens (tertiary/aromatic N) is 4. The van der Waals surface area contributed by atoms with Crippen LogP contribution >= 0.6 is 11.6 Å². The number of halogens is 1. The molecule has 1 aromatic heterocycles. The first-order valence-corrected chi connectivity index (χ1v) is 9.21. The van der Waals surface area contributed by atoms with Crippen LogP contribution in [0.15, 0.2) is 36.4 Å². The summed E-state index contributed by atoms with van der Waals surface area (Å²) in [6.45, 7) is 2.92. The van der Waals surface area contributed by atoms with Crippen LogP contribution in [-0.2, 0) is 11.2 Å². The lowest BCUT2D eigenvalue weighted by molar-refractivity contribution is -0.115. The third-order valence-electron chi connectivity index (χ3n) is 4.23. The molecule has 9 heteroatoms. The quantitative estimate of drug-likeness (QED) is 0.725. The Bertz CT molecular complexity index is 1020. The Balaban J connectivity index is 1.49. The van der Waals surface area contributed by atoms with Gasteiger partial charge in [-0.1, -0.05) is 17.7 Å². The molecule has 1 aliphatic heterocycles. The van der Waals surface area contributed by atoms with E-state index in [0.29, 0.717) is 41.2 Å². The third kappa shape index (κ3) is 3.91. The predicted molar refractivity (Wildman–Crippen MR) is 103 cm³/mol. The second-order valence-electron chi connectivity index (χ2n) is 6.37. The minimum Gasteiger partial charge on any atom is -0.489 e. The highest BCUT2D eigenvalue weighted by Crippen LogP contribution is 2.38. The Kier molecular flexibility index (Phi) is 5.12. The number of carbonyl (C=O) groups is 1. The number of rotatable bonds is 4. The maximum absolute atomic E-state index is 12.5. The maximum atomic E-state index is 12.5. The van der Waals surface area contributed by atoms with Crippen LogP contribution in [0.3, 0.4) is 0 Å². The van der Waals surface area contributed by atoms with Crippen molar-refractivity contribution in [3.63, 3.8) is 0 Å². The molecule has 3 aromatic rings. The molecule has 1 N–H and O–H groups in total. The lowest BCUT2D eigenvalue weighted by Gasteiger charge is -2.12. The van der Waals surface area contributed by atoms with Gasteiger partial charge in [0, 0.05) is 12.1 Å². The first kappa shape index (κ1) is 18.2. The van der Waals surface area contributed by atoms with E-state index in [4.69, 9.17) is 21.1 Å².